The van der Waals surface area contributed by atoms with Crippen molar-refractivity contribution >= 4 is 5.91 Å². The predicted molar refractivity (Wildman–Crippen MR) is 32.6 cm³/mol. The molecule has 5 heteroatoms. The number of methoxy groups -OCH3 is 1. The van der Waals surface area contributed by atoms with Gasteiger partial charge in [0.2, 0.25) is 0 Å². The van der Waals surface area contributed by atoms with Gasteiger partial charge >= 0.3 is 0 Å². The molecule has 2 N–H and O–H groups in total. The zero-order valence-corrected chi connectivity index (χ0v) is 5.79. The van der Waals surface area contributed by atoms with E-state index in [1.807, 2.05) is 0 Å². The van der Waals surface area contributed by atoms with Gasteiger partial charge in [-0.15, -0.1) is 0 Å². The molecule has 0 aliphatic heterocycles. The molecule has 0 saturated carbocycles. The van der Waals surface area contributed by atoms with Gasteiger partial charge in [-0.1, -0.05) is 0 Å². The van der Waals surface area contributed by atoms with Crippen LogP contribution in [-0.4, -0.2) is 38.0 Å². The lowest BCUT2D eigenvalue weighted by atomic mass is 10.7. The maximum Gasteiger partial charge on any atom is 0.269 e. The molecule has 0 unspecified atom stereocenters. The second kappa shape index (κ2) is 6.47. The molecule has 0 aromatic carbocycles. The first-order valence-corrected chi connectivity index (χ1v) is 2.81. The Labute approximate surface area is 58.9 Å². The third-order valence-corrected chi connectivity index (χ3v) is 0.790. The number of carbonyl (C=O) groups is 1. The van der Waals surface area contributed by atoms with E-state index in [-0.39, 0.29) is 6.61 Å². The highest BCUT2D eigenvalue weighted by molar-refractivity contribution is 5.75. The van der Waals surface area contributed by atoms with Gasteiger partial charge < -0.3 is 9.47 Å². The van der Waals surface area contributed by atoms with E-state index >= 15 is 0 Å². The lowest BCUT2D eigenvalue weighted by Gasteiger charge is -2.00. The van der Waals surface area contributed by atoms with Crippen LogP contribution in [0.25, 0.3) is 0 Å². The summed E-state index contributed by atoms with van der Waals surface area (Å²) in [4.78, 5) is 10.2. The molecule has 0 aromatic heterocycles. The quantitative estimate of drug-likeness (QED) is 0.303. The predicted octanol–water partition coefficient (Wildman–Crippen LogP) is -0.845. The van der Waals surface area contributed by atoms with Crippen LogP contribution in [0.1, 0.15) is 0 Å². The van der Waals surface area contributed by atoms with Gasteiger partial charge in [0.05, 0.1) is 13.2 Å². The van der Waals surface area contributed by atoms with Crippen molar-refractivity contribution in [2.45, 2.75) is 0 Å². The van der Waals surface area contributed by atoms with Crippen molar-refractivity contribution in [3.05, 3.63) is 0 Å². The number of amides is 1. The zero-order valence-electron chi connectivity index (χ0n) is 5.79. The number of nitrogens with one attached hydrogen (secondary N) is 1. The summed E-state index contributed by atoms with van der Waals surface area (Å²) in [5.74, 6) is -0.559. The Morgan fingerprint density at radius 2 is 2.30 bits per heavy atom. The molecule has 5 nitrogen and oxygen atoms in total. The Bertz CT molecular complexity index is 95.6. The standard InChI is InChI=1S/C5H11NO4/c1-9-2-3-10-4-5(7)6-8/h8H,2-4H2,1H3,(H,6,7). The lowest BCUT2D eigenvalue weighted by Crippen LogP contribution is -2.24. The fraction of sp³-hybridized carbons (Fsp3) is 0.800. The Balaban J connectivity index is 2.96. The summed E-state index contributed by atoms with van der Waals surface area (Å²) < 4.78 is 9.37. The molecule has 0 saturated heterocycles. The van der Waals surface area contributed by atoms with Gasteiger partial charge in [-0.25, -0.2) is 5.48 Å². The average molecular weight is 149 g/mol. The summed E-state index contributed by atoms with van der Waals surface area (Å²) in [7, 11) is 1.54. The topological polar surface area (TPSA) is 67.8 Å². The Hall–Kier alpha value is -0.650. The van der Waals surface area contributed by atoms with E-state index in [0.29, 0.717) is 13.2 Å². The third-order valence-electron chi connectivity index (χ3n) is 0.790. The lowest BCUT2D eigenvalue weighted by molar-refractivity contribution is -0.134. The first-order chi connectivity index (χ1) is 4.81. The number of hydrogen-bond donors (Lipinski definition) is 2. The molecule has 10 heavy (non-hydrogen) atoms. The molecule has 0 radical (unpaired) electrons. The van der Waals surface area contributed by atoms with Gasteiger partial charge in [0.15, 0.2) is 0 Å². The molecule has 0 fully saturated rings. The monoisotopic (exact) mass is 149 g/mol. The van der Waals surface area contributed by atoms with Crippen LogP contribution in [0.15, 0.2) is 0 Å². The van der Waals surface area contributed by atoms with Gasteiger partial charge in [-0.2, -0.15) is 0 Å². The molecule has 0 aliphatic carbocycles. The van der Waals surface area contributed by atoms with E-state index in [1.165, 1.54) is 12.6 Å². The smallest absolute Gasteiger partial charge is 0.269 e. The maximum atomic E-state index is 10.2. The minimum atomic E-state index is -0.559. The Kier molecular flexibility index (Phi) is 6.05. The molecule has 0 aromatic rings. The van der Waals surface area contributed by atoms with Crippen LogP contribution in [0.3, 0.4) is 0 Å². The van der Waals surface area contributed by atoms with Crippen molar-refractivity contribution < 1.29 is 19.5 Å². The average Bonchev–Trinajstić information content (AvgIpc) is 1.98. The third kappa shape index (κ3) is 5.49. The molecule has 0 aliphatic rings. The molecule has 0 bridgehead atoms. The molecule has 60 valence electrons. The first kappa shape index (κ1) is 9.35. The second-order valence-electron chi connectivity index (χ2n) is 1.58. The number of ether oxygens (including phenoxy) is 2. The van der Waals surface area contributed by atoms with Crippen LogP contribution >= 0.6 is 0 Å². The molecule has 0 heterocycles. The van der Waals surface area contributed by atoms with E-state index in [4.69, 9.17) is 9.94 Å². The number of rotatable bonds is 5. The van der Waals surface area contributed by atoms with Crippen molar-refractivity contribution in [1.29, 1.82) is 0 Å². The second-order valence-corrected chi connectivity index (χ2v) is 1.58. The van der Waals surface area contributed by atoms with Crippen LogP contribution in [0.4, 0.5) is 0 Å². The summed E-state index contributed by atoms with van der Waals surface area (Å²) in [6, 6.07) is 0. The van der Waals surface area contributed by atoms with E-state index in [9.17, 15) is 4.79 Å². The minimum Gasteiger partial charge on any atom is -0.382 e. The van der Waals surface area contributed by atoms with Crippen molar-refractivity contribution in [3.8, 4) is 0 Å². The number of hydroxylamine groups is 1. The number of carbonyl (C=O) groups excluding carboxylic acids is 1. The fourth-order valence-corrected chi connectivity index (χ4v) is 0.339. The summed E-state index contributed by atoms with van der Waals surface area (Å²) in [5, 5.41) is 7.98. The van der Waals surface area contributed by atoms with Crippen molar-refractivity contribution in [3.63, 3.8) is 0 Å². The van der Waals surface area contributed by atoms with Crippen molar-refractivity contribution in [2.75, 3.05) is 26.9 Å². The molecular formula is C5H11NO4. The SMILES string of the molecule is COCCOCC(=O)NO. The summed E-state index contributed by atoms with van der Waals surface area (Å²) in [5.41, 5.74) is 1.44. The summed E-state index contributed by atoms with van der Waals surface area (Å²) in [6.45, 7) is 0.655. The fourth-order valence-electron chi connectivity index (χ4n) is 0.339. The van der Waals surface area contributed by atoms with E-state index in [2.05, 4.69) is 4.74 Å². The van der Waals surface area contributed by atoms with Gasteiger partial charge in [-0.3, -0.25) is 10.0 Å². The first-order valence-electron chi connectivity index (χ1n) is 2.81. The van der Waals surface area contributed by atoms with E-state index in [0.717, 1.165) is 0 Å². The highest BCUT2D eigenvalue weighted by Gasteiger charge is 1.96. The Morgan fingerprint density at radius 3 is 2.80 bits per heavy atom. The minimum absolute atomic E-state index is 0.139. The van der Waals surface area contributed by atoms with Gasteiger partial charge in [-0.05, 0) is 0 Å². The number of hydrogen-bond acceptors (Lipinski definition) is 4. The molecule has 1 amide bonds. The summed E-state index contributed by atoms with van der Waals surface area (Å²) >= 11 is 0. The maximum absolute atomic E-state index is 10.2. The van der Waals surface area contributed by atoms with E-state index < -0.39 is 5.91 Å². The van der Waals surface area contributed by atoms with Gasteiger partial charge in [0.1, 0.15) is 6.61 Å². The van der Waals surface area contributed by atoms with Crippen molar-refractivity contribution in [2.24, 2.45) is 0 Å². The normalized spacial score (nSPS) is 9.40. The highest BCUT2D eigenvalue weighted by atomic mass is 16.5. The van der Waals surface area contributed by atoms with Crippen LogP contribution in [-0.2, 0) is 14.3 Å². The van der Waals surface area contributed by atoms with Gasteiger partial charge in [0, 0.05) is 7.11 Å². The Morgan fingerprint density at radius 1 is 1.60 bits per heavy atom. The van der Waals surface area contributed by atoms with Crippen LogP contribution < -0.4 is 5.48 Å². The van der Waals surface area contributed by atoms with Crippen molar-refractivity contribution in [1.82, 2.24) is 5.48 Å². The molecule has 0 spiro atoms. The van der Waals surface area contributed by atoms with E-state index in [1.54, 1.807) is 0 Å². The molecule has 0 atom stereocenters. The molecule has 0 rings (SSSR count). The largest absolute Gasteiger partial charge is 0.382 e. The zero-order chi connectivity index (χ0) is 7.82. The highest BCUT2D eigenvalue weighted by Crippen LogP contribution is 1.74. The van der Waals surface area contributed by atoms with Crippen LogP contribution in [0.5, 0.6) is 0 Å². The summed E-state index contributed by atoms with van der Waals surface area (Å²) in [6.07, 6.45) is 0. The van der Waals surface area contributed by atoms with Gasteiger partial charge in [0.25, 0.3) is 5.91 Å². The van der Waals surface area contributed by atoms with Crippen LogP contribution in [0, 0.1) is 0 Å². The molecular weight excluding hydrogens is 138 g/mol. The van der Waals surface area contributed by atoms with Crippen LogP contribution in [0.2, 0.25) is 0 Å².